The fourth-order valence-corrected chi connectivity index (χ4v) is 2.26. The molecule has 4 heteroatoms. The van der Waals surface area contributed by atoms with Crippen LogP contribution in [0.25, 0.3) is 0 Å². The first-order valence-corrected chi connectivity index (χ1v) is 6.40. The summed E-state index contributed by atoms with van der Waals surface area (Å²) in [6.07, 6.45) is 13.7. The van der Waals surface area contributed by atoms with Crippen LogP contribution in [0.3, 0.4) is 0 Å². The van der Waals surface area contributed by atoms with Gasteiger partial charge >= 0.3 is 11.9 Å². The minimum atomic E-state index is -0.970. The SMILES string of the molecule is C1=CCCC=C1.O=C(O)[C@H]1CCCC[C@H]1C(=O)O. The molecule has 1 saturated carbocycles. The topological polar surface area (TPSA) is 74.6 Å². The van der Waals surface area contributed by atoms with Crippen LogP contribution >= 0.6 is 0 Å². The van der Waals surface area contributed by atoms with Gasteiger partial charge < -0.3 is 10.2 Å². The van der Waals surface area contributed by atoms with E-state index in [4.69, 9.17) is 10.2 Å². The van der Waals surface area contributed by atoms with Gasteiger partial charge in [0.25, 0.3) is 0 Å². The summed E-state index contributed by atoms with van der Waals surface area (Å²) in [5, 5.41) is 17.4. The van der Waals surface area contributed by atoms with E-state index in [1.807, 2.05) is 0 Å². The molecule has 0 saturated heterocycles. The van der Waals surface area contributed by atoms with Gasteiger partial charge in [0.15, 0.2) is 0 Å². The van der Waals surface area contributed by atoms with E-state index in [9.17, 15) is 9.59 Å². The summed E-state index contributed by atoms with van der Waals surface area (Å²) in [6.45, 7) is 0. The fourth-order valence-electron chi connectivity index (χ4n) is 2.26. The number of rotatable bonds is 2. The maximum atomic E-state index is 10.6. The molecule has 0 spiro atoms. The molecular weight excluding hydrogens is 232 g/mol. The third-order valence-electron chi connectivity index (χ3n) is 3.28. The van der Waals surface area contributed by atoms with Crippen LogP contribution in [-0.2, 0) is 9.59 Å². The van der Waals surface area contributed by atoms with Gasteiger partial charge in [-0.1, -0.05) is 37.1 Å². The summed E-state index contributed by atoms with van der Waals surface area (Å²) in [6, 6.07) is 0. The van der Waals surface area contributed by atoms with Crippen LogP contribution in [0.4, 0.5) is 0 Å². The average molecular weight is 252 g/mol. The van der Waals surface area contributed by atoms with Crippen LogP contribution in [0, 0.1) is 11.8 Å². The molecule has 2 aliphatic rings. The highest BCUT2D eigenvalue weighted by Gasteiger charge is 2.35. The van der Waals surface area contributed by atoms with E-state index in [1.54, 1.807) is 0 Å². The van der Waals surface area contributed by atoms with Gasteiger partial charge in [0.05, 0.1) is 11.8 Å². The number of hydrogen-bond acceptors (Lipinski definition) is 2. The van der Waals surface area contributed by atoms with Crippen LogP contribution in [-0.4, -0.2) is 22.2 Å². The van der Waals surface area contributed by atoms with Gasteiger partial charge in [-0.05, 0) is 25.7 Å². The lowest BCUT2D eigenvalue weighted by Gasteiger charge is -2.24. The molecule has 0 heterocycles. The second kappa shape index (κ2) is 7.69. The van der Waals surface area contributed by atoms with Gasteiger partial charge in [-0.3, -0.25) is 9.59 Å². The highest BCUT2D eigenvalue weighted by Crippen LogP contribution is 2.30. The smallest absolute Gasteiger partial charge is 0.307 e. The summed E-state index contributed by atoms with van der Waals surface area (Å²) in [4.78, 5) is 21.2. The largest absolute Gasteiger partial charge is 0.481 e. The third kappa shape index (κ3) is 4.73. The molecule has 0 bridgehead atoms. The molecule has 0 aliphatic heterocycles. The predicted molar refractivity (Wildman–Crippen MR) is 68.2 cm³/mol. The van der Waals surface area contributed by atoms with Gasteiger partial charge in [-0.2, -0.15) is 0 Å². The van der Waals surface area contributed by atoms with E-state index in [1.165, 1.54) is 12.8 Å². The zero-order chi connectivity index (χ0) is 13.4. The van der Waals surface area contributed by atoms with Crippen LogP contribution in [0.15, 0.2) is 24.3 Å². The number of carbonyl (C=O) groups is 2. The first-order chi connectivity index (χ1) is 8.63. The van der Waals surface area contributed by atoms with Gasteiger partial charge in [-0.25, -0.2) is 0 Å². The van der Waals surface area contributed by atoms with E-state index in [2.05, 4.69) is 24.3 Å². The molecule has 2 N–H and O–H groups in total. The van der Waals surface area contributed by atoms with Crippen molar-refractivity contribution >= 4 is 11.9 Å². The molecule has 2 aliphatic carbocycles. The van der Waals surface area contributed by atoms with Crippen molar-refractivity contribution in [2.24, 2.45) is 11.8 Å². The van der Waals surface area contributed by atoms with Crippen LogP contribution in [0.1, 0.15) is 38.5 Å². The van der Waals surface area contributed by atoms with E-state index in [0.29, 0.717) is 12.8 Å². The Morgan fingerprint density at radius 2 is 1.22 bits per heavy atom. The van der Waals surface area contributed by atoms with Crippen LogP contribution in [0.5, 0.6) is 0 Å². The Balaban J connectivity index is 0.000000225. The van der Waals surface area contributed by atoms with Gasteiger partial charge in [0, 0.05) is 0 Å². The Kier molecular flexibility index (Phi) is 6.19. The Labute approximate surface area is 107 Å². The van der Waals surface area contributed by atoms with Gasteiger partial charge in [0.1, 0.15) is 0 Å². The number of allylic oxidation sites excluding steroid dienone is 4. The monoisotopic (exact) mass is 252 g/mol. The van der Waals surface area contributed by atoms with Crippen molar-refractivity contribution in [3.63, 3.8) is 0 Å². The quantitative estimate of drug-likeness (QED) is 0.792. The lowest BCUT2D eigenvalue weighted by atomic mass is 9.79. The average Bonchev–Trinajstić information content (AvgIpc) is 2.41. The molecule has 1 fully saturated rings. The van der Waals surface area contributed by atoms with Crippen molar-refractivity contribution in [2.45, 2.75) is 38.5 Å². The minimum absolute atomic E-state index is 0.506. The zero-order valence-corrected chi connectivity index (χ0v) is 10.4. The van der Waals surface area contributed by atoms with E-state index in [0.717, 1.165) is 12.8 Å². The summed E-state index contributed by atoms with van der Waals surface area (Å²) >= 11 is 0. The van der Waals surface area contributed by atoms with Crippen molar-refractivity contribution in [2.75, 3.05) is 0 Å². The predicted octanol–water partition coefficient (Wildman–Crippen LogP) is 2.85. The van der Waals surface area contributed by atoms with E-state index < -0.39 is 23.8 Å². The number of hydrogen-bond donors (Lipinski definition) is 2. The highest BCUT2D eigenvalue weighted by molar-refractivity contribution is 5.80. The third-order valence-corrected chi connectivity index (χ3v) is 3.28. The molecule has 0 aromatic rings. The molecule has 0 amide bonds. The Bertz CT molecular complexity index is 310. The second-order valence-corrected chi connectivity index (χ2v) is 4.61. The first-order valence-electron chi connectivity index (χ1n) is 6.40. The summed E-state index contributed by atoms with van der Waals surface area (Å²) < 4.78 is 0. The van der Waals surface area contributed by atoms with Crippen molar-refractivity contribution in [1.29, 1.82) is 0 Å². The molecule has 100 valence electrons. The number of carboxylic acids is 2. The summed E-state index contributed by atoms with van der Waals surface area (Å²) in [5.41, 5.74) is 0. The number of aliphatic carboxylic acids is 2. The van der Waals surface area contributed by atoms with Crippen LogP contribution in [0.2, 0.25) is 0 Å². The molecule has 0 aromatic heterocycles. The molecule has 18 heavy (non-hydrogen) atoms. The minimum Gasteiger partial charge on any atom is -0.481 e. The maximum Gasteiger partial charge on any atom is 0.307 e. The number of carboxylic acid groups (broad SMARTS) is 2. The molecule has 2 rings (SSSR count). The van der Waals surface area contributed by atoms with Crippen molar-refractivity contribution in [1.82, 2.24) is 0 Å². The van der Waals surface area contributed by atoms with Crippen molar-refractivity contribution in [3.05, 3.63) is 24.3 Å². The summed E-state index contributed by atoms with van der Waals surface area (Å²) in [5.74, 6) is -3.28. The molecule has 0 unspecified atom stereocenters. The maximum absolute atomic E-state index is 10.6. The fraction of sp³-hybridized carbons (Fsp3) is 0.571. The van der Waals surface area contributed by atoms with Crippen molar-refractivity contribution < 1.29 is 19.8 Å². The van der Waals surface area contributed by atoms with Gasteiger partial charge in [-0.15, -0.1) is 0 Å². The molecular formula is C14H20O4. The highest BCUT2D eigenvalue weighted by atomic mass is 16.4. The van der Waals surface area contributed by atoms with Crippen LogP contribution < -0.4 is 0 Å². The van der Waals surface area contributed by atoms with Crippen molar-refractivity contribution in [3.8, 4) is 0 Å². The first kappa shape index (κ1) is 14.5. The lowest BCUT2D eigenvalue weighted by Crippen LogP contribution is -2.32. The molecule has 0 aromatic carbocycles. The summed E-state index contributed by atoms with van der Waals surface area (Å²) in [7, 11) is 0. The van der Waals surface area contributed by atoms with E-state index >= 15 is 0 Å². The zero-order valence-electron chi connectivity index (χ0n) is 10.4. The Morgan fingerprint density at radius 3 is 1.44 bits per heavy atom. The molecule has 2 atom stereocenters. The standard InChI is InChI=1S/C8H12O4.C6H8/c9-7(10)5-3-1-2-4-6(5)8(11)12;1-2-4-6-5-3-1/h5-6H,1-4H2,(H,9,10)(H,11,12);1-4H,5-6H2/t5-,6+;. The van der Waals surface area contributed by atoms with Gasteiger partial charge in [0.2, 0.25) is 0 Å². The molecule has 0 radical (unpaired) electrons. The Hall–Kier alpha value is -1.58. The second-order valence-electron chi connectivity index (χ2n) is 4.61. The molecule has 4 nitrogen and oxygen atoms in total. The Morgan fingerprint density at radius 1 is 0.833 bits per heavy atom. The lowest BCUT2D eigenvalue weighted by molar-refractivity contribution is -0.155. The normalized spacial score (nSPS) is 26.0. The van der Waals surface area contributed by atoms with E-state index in [-0.39, 0.29) is 0 Å².